The summed E-state index contributed by atoms with van der Waals surface area (Å²) in [5.41, 5.74) is 1.18. The lowest BCUT2D eigenvalue weighted by molar-refractivity contribution is 0.0691. The summed E-state index contributed by atoms with van der Waals surface area (Å²) in [4.78, 5) is 10.6. The number of rotatable bonds is 4. The van der Waals surface area contributed by atoms with E-state index in [1.165, 1.54) is 0 Å². The van der Waals surface area contributed by atoms with Crippen molar-refractivity contribution in [2.75, 3.05) is 4.72 Å². The number of aromatic carboxylic acids is 1. The summed E-state index contributed by atoms with van der Waals surface area (Å²) < 4.78 is 40.5. The highest BCUT2D eigenvalue weighted by Gasteiger charge is 2.20. The maximum atomic E-state index is 13.4. The molecule has 0 saturated heterocycles. The molecule has 0 aliphatic rings. The Morgan fingerprint density at radius 1 is 1.14 bits per heavy atom. The summed E-state index contributed by atoms with van der Waals surface area (Å²) in [6.07, 6.45) is 0. The Morgan fingerprint density at radius 2 is 1.73 bits per heavy atom. The lowest BCUT2D eigenvalue weighted by Gasteiger charge is -2.13. The Morgan fingerprint density at radius 3 is 2.27 bits per heavy atom. The Balaban J connectivity index is 2.48. The number of halogens is 1. The molecule has 0 radical (unpaired) electrons. The first kappa shape index (κ1) is 16.0. The topological polar surface area (TPSA) is 83.5 Å². The quantitative estimate of drug-likeness (QED) is 0.906. The van der Waals surface area contributed by atoms with Crippen molar-refractivity contribution in [2.45, 2.75) is 18.7 Å². The number of hydrogen-bond acceptors (Lipinski definition) is 3. The van der Waals surface area contributed by atoms with E-state index in [0.29, 0.717) is 5.69 Å². The second-order valence-corrected chi connectivity index (χ2v) is 6.50. The van der Waals surface area contributed by atoms with E-state index < -0.39 is 27.4 Å². The van der Waals surface area contributed by atoms with Crippen LogP contribution in [0.1, 0.15) is 21.5 Å². The highest BCUT2D eigenvalue weighted by atomic mass is 32.2. The number of carbonyl (C=O) groups is 1. The second-order valence-electron chi connectivity index (χ2n) is 4.82. The zero-order chi connectivity index (χ0) is 16.5. The van der Waals surface area contributed by atoms with Crippen molar-refractivity contribution in [2.24, 2.45) is 0 Å². The monoisotopic (exact) mass is 323 g/mol. The number of benzene rings is 2. The summed E-state index contributed by atoms with van der Waals surface area (Å²) in [5.74, 6) is -2.51. The van der Waals surface area contributed by atoms with Gasteiger partial charge in [-0.1, -0.05) is 18.2 Å². The SMILES string of the molecule is Cc1cccc(C)c1NS(=O)(=O)c1ccc(F)c(C(=O)O)c1. The molecule has 116 valence electrons. The number of carboxylic acid groups (broad SMARTS) is 1. The predicted molar refractivity (Wildman–Crippen MR) is 80.1 cm³/mol. The van der Waals surface area contributed by atoms with Crippen molar-refractivity contribution in [3.05, 3.63) is 58.9 Å². The van der Waals surface area contributed by atoms with Crippen molar-refractivity contribution < 1.29 is 22.7 Å². The molecule has 0 bridgehead atoms. The third-order valence-electron chi connectivity index (χ3n) is 3.20. The van der Waals surface area contributed by atoms with Crippen molar-refractivity contribution in [3.8, 4) is 0 Å². The van der Waals surface area contributed by atoms with Crippen LogP contribution in [-0.2, 0) is 10.0 Å². The summed E-state index contributed by atoms with van der Waals surface area (Å²) in [5, 5.41) is 8.88. The molecular formula is C15H14FNO4S. The fourth-order valence-electron chi connectivity index (χ4n) is 2.00. The Kier molecular flexibility index (Phi) is 4.18. The van der Waals surface area contributed by atoms with Gasteiger partial charge in [-0.05, 0) is 43.2 Å². The predicted octanol–water partition coefficient (Wildman–Crippen LogP) is 2.94. The Labute approximate surface area is 127 Å². The first-order chi connectivity index (χ1) is 10.2. The third kappa shape index (κ3) is 3.09. The van der Waals surface area contributed by atoms with Gasteiger partial charge in [0.25, 0.3) is 10.0 Å². The number of anilines is 1. The molecule has 5 nitrogen and oxygen atoms in total. The molecule has 2 N–H and O–H groups in total. The lowest BCUT2D eigenvalue weighted by Crippen LogP contribution is -2.16. The summed E-state index contributed by atoms with van der Waals surface area (Å²) in [6.45, 7) is 3.50. The molecule has 2 rings (SSSR count). The number of hydrogen-bond donors (Lipinski definition) is 2. The fourth-order valence-corrected chi connectivity index (χ4v) is 3.23. The highest BCUT2D eigenvalue weighted by Crippen LogP contribution is 2.24. The molecule has 22 heavy (non-hydrogen) atoms. The molecule has 2 aromatic carbocycles. The number of nitrogens with one attached hydrogen (secondary N) is 1. The Bertz CT molecular complexity index is 826. The number of sulfonamides is 1. The van der Waals surface area contributed by atoms with Crippen LogP contribution in [0.3, 0.4) is 0 Å². The van der Waals surface area contributed by atoms with Crippen LogP contribution in [0.2, 0.25) is 0 Å². The van der Waals surface area contributed by atoms with Gasteiger partial charge in [-0.15, -0.1) is 0 Å². The molecule has 0 heterocycles. The van der Waals surface area contributed by atoms with E-state index in [0.717, 1.165) is 29.3 Å². The van der Waals surface area contributed by atoms with Crippen LogP contribution in [0.5, 0.6) is 0 Å². The smallest absolute Gasteiger partial charge is 0.338 e. The fraction of sp³-hybridized carbons (Fsp3) is 0.133. The van der Waals surface area contributed by atoms with Crippen molar-refractivity contribution in [1.82, 2.24) is 0 Å². The molecular weight excluding hydrogens is 309 g/mol. The van der Waals surface area contributed by atoms with E-state index >= 15 is 0 Å². The lowest BCUT2D eigenvalue weighted by atomic mass is 10.1. The Hall–Kier alpha value is -2.41. The van der Waals surface area contributed by atoms with E-state index in [-0.39, 0.29) is 4.90 Å². The average molecular weight is 323 g/mol. The van der Waals surface area contributed by atoms with Gasteiger partial charge in [-0.2, -0.15) is 0 Å². The first-order valence-electron chi connectivity index (χ1n) is 6.34. The van der Waals surface area contributed by atoms with Crippen LogP contribution < -0.4 is 4.72 Å². The van der Waals surface area contributed by atoms with Gasteiger partial charge >= 0.3 is 5.97 Å². The largest absolute Gasteiger partial charge is 0.478 e. The van der Waals surface area contributed by atoms with Crippen LogP contribution >= 0.6 is 0 Å². The standard InChI is InChI=1S/C15H14FNO4S/c1-9-4-3-5-10(2)14(9)17-22(20,21)11-6-7-13(16)12(8-11)15(18)19/h3-8,17H,1-2H3,(H,18,19). The number of para-hydroxylation sites is 1. The molecule has 0 aliphatic carbocycles. The minimum Gasteiger partial charge on any atom is -0.478 e. The van der Waals surface area contributed by atoms with Gasteiger partial charge in [0.2, 0.25) is 0 Å². The molecule has 0 aliphatic heterocycles. The third-order valence-corrected chi connectivity index (χ3v) is 4.54. The van der Waals surface area contributed by atoms with Gasteiger partial charge < -0.3 is 5.11 Å². The summed E-state index contributed by atoms with van der Waals surface area (Å²) >= 11 is 0. The van der Waals surface area contributed by atoms with E-state index in [1.54, 1.807) is 32.0 Å². The van der Waals surface area contributed by atoms with Crippen molar-refractivity contribution in [3.63, 3.8) is 0 Å². The van der Waals surface area contributed by atoms with Gasteiger partial charge in [0.1, 0.15) is 5.82 Å². The first-order valence-corrected chi connectivity index (χ1v) is 7.82. The molecule has 0 saturated carbocycles. The van der Waals surface area contributed by atoms with Gasteiger partial charge in [-0.25, -0.2) is 17.6 Å². The maximum absolute atomic E-state index is 13.4. The van der Waals surface area contributed by atoms with Crippen molar-refractivity contribution >= 4 is 21.7 Å². The van der Waals surface area contributed by atoms with Gasteiger partial charge in [0.15, 0.2) is 0 Å². The molecule has 0 aromatic heterocycles. The highest BCUT2D eigenvalue weighted by molar-refractivity contribution is 7.92. The summed E-state index contributed by atoms with van der Waals surface area (Å²) in [6, 6.07) is 7.94. The van der Waals surface area contributed by atoms with Crippen LogP contribution in [0.15, 0.2) is 41.3 Å². The normalized spacial score (nSPS) is 11.2. The van der Waals surface area contributed by atoms with Gasteiger partial charge in [0, 0.05) is 0 Å². The van der Waals surface area contributed by atoms with Crippen molar-refractivity contribution in [1.29, 1.82) is 0 Å². The van der Waals surface area contributed by atoms with E-state index in [2.05, 4.69) is 4.72 Å². The van der Waals surface area contributed by atoms with Crippen LogP contribution in [0, 0.1) is 19.7 Å². The molecule has 0 fully saturated rings. The molecule has 0 unspecified atom stereocenters. The van der Waals surface area contributed by atoms with E-state index in [1.807, 2.05) is 0 Å². The molecule has 7 heteroatoms. The van der Waals surface area contributed by atoms with Crippen LogP contribution in [0.25, 0.3) is 0 Å². The number of carboxylic acids is 1. The minimum absolute atomic E-state index is 0.311. The molecule has 0 amide bonds. The maximum Gasteiger partial charge on any atom is 0.338 e. The minimum atomic E-state index is -4.01. The van der Waals surface area contributed by atoms with Crippen LogP contribution in [0.4, 0.5) is 10.1 Å². The molecule has 0 spiro atoms. The molecule has 2 aromatic rings. The zero-order valence-electron chi connectivity index (χ0n) is 11.9. The second kappa shape index (κ2) is 5.76. The summed E-state index contributed by atoms with van der Waals surface area (Å²) in [7, 11) is -4.01. The molecule has 0 atom stereocenters. The van der Waals surface area contributed by atoms with Gasteiger partial charge in [-0.3, -0.25) is 4.72 Å². The average Bonchev–Trinajstić information content (AvgIpc) is 2.43. The van der Waals surface area contributed by atoms with E-state index in [9.17, 15) is 17.6 Å². The van der Waals surface area contributed by atoms with Gasteiger partial charge in [0.05, 0.1) is 16.1 Å². The zero-order valence-corrected chi connectivity index (χ0v) is 12.7. The number of aryl methyl sites for hydroxylation is 2. The van der Waals surface area contributed by atoms with E-state index in [4.69, 9.17) is 5.11 Å². The van der Waals surface area contributed by atoms with Crippen LogP contribution in [-0.4, -0.2) is 19.5 Å².